The first kappa shape index (κ1) is 8.93. The summed E-state index contributed by atoms with van der Waals surface area (Å²) in [5.74, 6) is 0.0324. The molecule has 0 amide bonds. The fraction of sp³-hybridized carbons (Fsp3) is 0.333. The number of halogens is 2. The molecule has 0 bridgehead atoms. The van der Waals surface area contributed by atoms with Gasteiger partial charge in [0, 0.05) is 13.2 Å². The van der Waals surface area contributed by atoms with E-state index in [2.05, 4.69) is 37.0 Å². The van der Waals surface area contributed by atoms with Gasteiger partial charge in [-0.15, -0.1) is 0 Å². The van der Waals surface area contributed by atoms with Crippen LogP contribution in [0.4, 0.5) is 0 Å². The molecule has 0 fully saturated rings. The minimum atomic E-state index is 0.0324. The van der Waals surface area contributed by atoms with Crippen LogP contribution >= 0.6 is 31.9 Å². The van der Waals surface area contributed by atoms with Crippen molar-refractivity contribution in [2.75, 3.05) is 5.33 Å². The summed E-state index contributed by atoms with van der Waals surface area (Å²) in [6, 6.07) is 0. The highest BCUT2D eigenvalue weighted by molar-refractivity contribution is 9.10. The van der Waals surface area contributed by atoms with E-state index in [1.807, 2.05) is 0 Å². The predicted octanol–water partition coefficient (Wildman–Crippen LogP) is 1.76. The van der Waals surface area contributed by atoms with E-state index >= 15 is 0 Å². The van der Waals surface area contributed by atoms with Gasteiger partial charge in [0.15, 0.2) is 5.78 Å². The van der Waals surface area contributed by atoms with E-state index in [-0.39, 0.29) is 5.78 Å². The SMILES string of the molecule is Cn1cc(C(=O)CBr)c(Br)n1. The maximum atomic E-state index is 11.1. The van der Waals surface area contributed by atoms with Crippen LogP contribution in [0.3, 0.4) is 0 Å². The molecule has 0 N–H and O–H groups in total. The lowest BCUT2D eigenvalue weighted by Crippen LogP contribution is -1.98. The Labute approximate surface area is 81.0 Å². The zero-order valence-corrected chi connectivity index (χ0v) is 9.02. The Balaban J connectivity index is 3.03. The molecule has 5 heteroatoms. The number of hydrogen-bond acceptors (Lipinski definition) is 2. The van der Waals surface area contributed by atoms with Crippen molar-refractivity contribution >= 4 is 37.6 Å². The highest BCUT2D eigenvalue weighted by Crippen LogP contribution is 2.14. The van der Waals surface area contributed by atoms with E-state index in [4.69, 9.17) is 0 Å². The number of rotatable bonds is 2. The third-order valence-corrected chi connectivity index (χ3v) is 2.30. The summed E-state index contributed by atoms with van der Waals surface area (Å²) in [4.78, 5) is 11.1. The molecule has 0 radical (unpaired) electrons. The van der Waals surface area contributed by atoms with Gasteiger partial charge in [0.05, 0.1) is 10.9 Å². The Bertz CT molecular complexity index is 282. The summed E-state index contributed by atoms with van der Waals surface area (Å²) in [7, 11) is 1.77. The van der Waals surface area contributed by atoms with Crippen LogP contribution in [0, 0.1) is 0 Å². The Kier molecular flexibility index (Phi) is 2.84. The highest BCUT2D eigenvalue weighted by atomic mass is 79.9. The lowest BCUT2D eigenvalue weighted by molar-refractivity contribution is 0.102. The van der Waals surface area contributed by atoms with E-state index in [1.165, 1.54) is 0 Å². The lowest BCUT2D eigenvalue weighted by Gasteiger charge is -1.88. The van der Waals surface area contributed by atoms with Crippen molar-refractivity contribution < 1.29 is 4.79 Å². The molecule has 0 aliphatic heterocycles. The van der Waals surface area contributed by atoms with Crippen LogP contribution in [0.15, 0.2) is 10.8 Å². The summed E-state index contributed by atoms with van der Waals surface area (Å²) in [5, 5.41) is 4.30. The van der Waals surface area contributed by atoms with Crippen LogP contribution < -0.4 is 0 Å². The van der Waals surface area contributed by atoms with E-state index in [1.54, 1.807) is 17.9 Å². The normalized spacial score (nSPS) is 10.1. The summed E-state index contributed by atoms with van der Waals surface area (Å²) < 4.78 is 2.20. The van der Waals surface area contributed by atoms with Gasteiger partial charge >= 0.3 is 0 Å². The maximum absolute atomic E-state index is 11.1. The third-order valence-electron chi connectivity index (χ3n) is 1.21. The van der Waals surface area contributed by atoms with Crippen LogP contribution in [0.25, 0.3) is 0 Å². The van der Waals surface area contributed by atoms with Crippen LogP contribution in [-0.4, -0.2) is 20.9 Å². The lowest BCUT2D eigenvalue weighted by atomic mass is 10.3. The molecule has 0 unspecified atom stereocenters. The zero-order valence-electron chi connectivity index (χ0n) is 5.84. The van der Waals surface area contributed by atoms with Crippen LogP contribution in [0.1, 0.15) is 10.4 Å². The number of alkyl halides is 1. The van der Waals surface area contributed by atoms with Gasteiger partial charge in [0.25, 0.3) is 0 Å². The molecular formula is C6H6Br2N2O. The van der Waals surface area contributed by atoms with Gasteiger partial charge < -0.3 is 0 Å². The topological polar surface area (TPSA) is 34.9 Å². The Morgan fingerprint density at radius 2 is 2.45 bits per heavy atom. The summed E-state index contributed by atoms with van der Waals surface area (Å²) in [6.07, 6.45) is 1.69. The molecule has 1 aromatic rings. The fourth-order valence-corrected chi connectivity index (χ4v) is 1.60. The first-order valence-electron chi connectivity index (χ1n) is 2.93. The molecule has 0 saturated carbocycles. The molecular weight excluding hydrogens is 276 g/mol. The average molecular weight is 282 g/mol. The molecule has 0 aliphatic rings. The molecule has 1 heterocycles. The molecule has 0 saturated heterocycles. The van der Waals surface area contributed by atoms with E-state index in [0.717, 1.165) is 0 Å². The van der Waals surface area contributed by atoms with Crippen molar-refractivity contribution in [2.24, 2.45) is 7.05 Å². The van der Waals surface area contributed by atoms with Gasteiger partial charge in [-0.25, -0.2) is 0 Å². The molecule has 0 aliphatic carbocycles. The summed E-state index contributed by atoms with van der Waals surface area (Å²) in [6.45, 7) is 0. The molecule has 1 aromatic heterocycles. The molecule has 0 atom stereocenters. The quantitative estimate of drug-likeness (QED) is 0.612. The minimum Gasteiger partial charge on any atom is -0.293 e. The van der Waals surface area contributed by atoms with Crippen molar-refractivity contribution in [3.05, 3.63) is 16.4 Å². The Morgan fingerprint density at radius 3 is 2.82 bits per heavy atom. The number of hydrogen-bond donors (Lipinski definition) is 0. The first-order valence-corrected chi connectivity index (χ1v) is 4.85. The van der Waals surface area contributed by atoms with Crippen molar-refractivity contribution in [3.63, 3.8) is 0 Å². The predicted molar refractivity (Wildman–Crippen MR) is 49.0 cm³/mol. The van der Waals surface area contributed by atoms with Crippen LogP contribution in [0.2, 0.25) is 0 Å². The second-order valence-electron chi connectivity index (χ2n) is 2.06. The van der Waals surface area contributed by atoms with Gasteiger partial charge in [-0.1, -0.05) is 15.9 Å². The Morgan fingerprint density at radius 1 is 1.82 bits per heavy atom. The molecule has 1 rings (SSSR count). The number of aromatic nitrogens is 2. The number of aryl methyl sites for hydroxylation is 1. The van der Waals surface area contributed by atoms with Crippen molar-refractivity contribution in [3.8, 4) is 0 Å². The molecule has 0 spiro atoms. The van der Waals surface area contributed by atoms with Gasteiger partial charge in [0.2, 0.25) is 0 Å². The highest BCUT2D eigenvalue weighted by Gasteiger charge is 2.11. The van der Waals surface area contributed by atoms with Crippen molar-refractivity contribution in [1.82, 2.24) is 9.78 Å². The summed E-state index contributed by atoms with van der Waals surface area (Å²) >= 11 is 6.27. The number of carbonyl (C=O) groups excluding carboxylic acids is 1. The zero-order chi connectivity index (χ0) is 8.43. The molecule has 3 nitrogen and oxygen atoms in total. The van der Waals surface area contributed by atoms with Gasteiger partial charge in [-0.05, 0) is 15.9 Å². The standard InChI is InChI=1S/C6H6Br2N2O/c1-10-3-4(5(11)2-7)6(8)9-10/h3H,2H2,1H3. The second-order valence-corrected chi connectivity index (χ2v) is 3.38. The number of ketones is 1. The molecule has 11 heavy (non-hydrogen) atoms. The maximum Gasteiger partial charge on any atom is 0.177 e. The largest absolute Gasteiger partial charge is 0.293 e. The number of Topliss-reactive ketones (excluding diaryl/α,β-unsaturated/α-hetero) is 1. The van der Waals surface area contributed by atoms with Crippen LogP contribution in [0.5, 0.6) is 0 Å². The molecule has 60 valence electrons. The van der Waals surface area contributed by atoms with Crippen LogP contribution in [-0.2, 0) is 7.05 Å². The van der Waals surface area contributed by atoms with Crippen molar-refractivity contribution in [2.45, 2.75) is 0 Å². The van der Waals surface area contributed by atoms with Crippen molar-refractivity contribution in [1.29, 1.82) is 0 Å². The summed E-state index contributed by atoms with van der Waals surface area (Å²) in [5.41, 5.74) is 0.615. The number of carbonyl (C=O) groups is 1. The average Bonchev–Trinajstić information content (AvgIpc) is 2.28. The van der Waals surface area contributed by atoms with E-state index in [0.29, 0.717) is 15.5 Å². The number of nitrogens with zero attached hydrogens (tertiary/aromatic N) is 2. The first-order chi connectivity index (χ1) is 5.15. The molecule has 0 aromatic carbocycles. The van der Waals surface area contributed by atoms with Gasteiger partial charge in [0.1, 0.15) is 4.60 Å². The smallest absolute Gasteiger partial charge is 0.177 e. The fourth-order valence-electron chi connectivity index (χ4n) is 0.720. The van der Waals surface area contributed by atoms with E-state index < -0.39 is 0 Å². The minimum absolute atomic E-state index is 0.0324. The monoisotopic (exact) mass is 280 g/mol. The Hall–Kier alpha value is -0.160. The van der Waals surface area contributed by atoms with Gasteiger partial charge in [-0.3, -0.25) is 9.48 Å². The second kappa shape index (κ2) is 3.49. The third kappa shape index (κ3) is 1.90. The van der Waals surface area contributed by atoms with E-state index in [9.17, 15) is 4.79 Å². The van der Waals surface area contributed by atoms with Gasteiger partial charge in [-0.2, -0.15) is 5.10 Å².